The van der Waals surface area contributed by atoms with Crippen LogP contribution in [0.1, 0.15) is 6.42 Å². The van der Waals surface area contributed by atoms with Crippen molar-refractivity contribution in [3.05, 3.63) is 40.8 Å². The van der Waals surface area contributed by atoms with Crippen LogP contribution in [0.2, 0.25) is 0 Å². The van der Waals surface area contributed by atoms with E-state index in [4.69, 9.17) is 0 Å². The fourth-order valence-electron chi connectivity index (χ4n) is 1.91. The number of benzene rings is 1. The number of aromatic nitrogens is 1. The minimum absolute atomic E-state index is 0.172. The first kappa shape index (κ1) is 12.6. The zero-order valence-corrected chi connectivity index (χ0v) is 11.5. The molecule has 0 fully saturated rings. The summed E-state index contributed by atoms with van der Waals surface area (Å²) in [5.41, 5.74) is 6.28. The molecule has 2 N–H and O–H groups in total. The van der Waals surface area contributed by atoms with Crippen LogP contribution in [0.5, 0.6) is 0 Å². The maximum atomic E-state index is 12.0. The first-order valence-electron chi connectivity index (χ1n) is 6.04. The standard InChI is InChI=1S/C13H12N4O2S/c1-17-9-4-2-3-5-10(9)20-13(17)14-12(19)8-6-7-11(18)16-15-8/h2-6,15H,7H2,1H3,(H,16,18). The quantitative estimate of drug-likeness (QED) is 0.806. The molecule has 7 heteroatoms. The zero-order chi connectivity index (χ0) is 14.1. The lowest BCUT2D eigenvalue weighted by Crippen LogP contribution is -2.42. The summed E-state index contributed by atoms with van der Waals surface area (Å²) in [5.74, 6) is -0.568. The van der Waals surface area contributed by atoms with Crippen molar-refractivity contribution in [3.63, 3.8) is 0 Å². The van der Waals surface area contributed by atoms with Crippen LogP contribution in [0.3, 0.4) is 0 Å². The Balaban J connectivity index is 2.00. The number of nitrogens with zero attached hydrogens (tertiary/aromatic N) is 2. The van der Waals surface area contributed by atoms with E-state index in [1.54, 1.807) is 0 Å². The smallest absolute Gasteiger partial charge is 0.297 e. The monoisotopic (exact) mass is 288 g/mol. The van der Waals surface area contributed by atoms with Crippen molar-refractivity contribution in [2.24, 2.45) is 12.0 Å². The normalized spacial score (nSPS) is 15.8. The van der Waals surface area contributed by atoms with E-state index in [-0.39, 0.29) is 12.3 Å². The fourth-order valence-corrected chi connectivity index (χ4v) is 2.93. The van der Waals surface area contributed by atoms with E-state index in [0.717, 1.165) is 10.2 Å². The fraction of sp³-hybridized carbons (Fsp3) is 0.154. The Labute approximate surface area is 118 Å². The summed E-state index contributed by atoms with van der Waals surface area (Å²) in [4.78, 5) is 27.8. The first-order chi connectivity index (χ1) is 9.65. The predicted octanol–water partition coefficient (Wildman–Crippen LogP) is 0.575. The number of amides is 2. The summed E-state index contributed by atoms with van der Waals surface area (Å²) in [5, 5.41) is 0. The van der Waals surface area contributed by atoms with Crippen LogP contribution in [-0.2, 0) is 16.6 Å². The number of thiazole rings is 1. The number of carbonyl (C=O) groups is 2. The van der Waals surface area contributed by atoms with Crippen LogP contribution in [-0.4, -0.2) is 16.4 Å². The van der Waals surface area contributed by atoms with Crippen molar-refractivity contribution < 1.29 is 9.59 Å². The van der Waals surface area contributed by atoms with Gasteiger partial charge in [-0.1, -0.05) is 23.5 Å². The van der Waals surface area contributed by atoms with Gasteiger partial charge in [-0.25, -0.2) is 0 Å². The van der Waals surface area contributed by atoms with Gasteiger partial charge in [-0.2, -0.15) is 4.99 Å². The Kier molecular flexibility index (Phi) is 3.11. The highest BCUT2D eigenvalue weighted by molar-refractivity contribution is 7.16. The summed E-state index contributed by atoms with van der Waals surface area (Å²) in [6.07, 6.45) is 1.72. The Morgan fingerprint density at radius 2 is 2.15 bits per heavy atom. The predicted molar refractivity (Wildman–Crippen MR) is 75.3 cm³/mol. The number of aryl methyl sites for hydroxylation is 1. The average Bonchev–Trinajstić information content (AvgIpc) is 2.77. The van der Waals surface area contributed by atoms with Gasteiger partial charge in [-0.3, -0.25) is 20.4 Å². The molecule has 0 saturated heterocycles. The number of carbonyl (C=O) groups excluding carboxylic acids is 2. The summed E-state index contributed by atoms with van der Waals surface area (Å²) in [7, 11) is 1.87. The molecule has 1 aliphatic heterocycles. The second-order valence-corrected chi connectivity index (χ2v) is 5.33. The minimum atomic E-state index is -0.396. The lowest BCUT2D eigenvalue weighted by atomic mass is 10.3. The van der Waals surface area contributed by atoms with E-state index < -0.39 is 5.91 Å². The molecule has 1 aliphatic rings. The number of fused-ring (bicyclic) bond motifs is 1. The summed E-state index contributed by atoms with van der Waals surface area (Å²) in [6.45, 7) is 0. The molecule has 2 heterocycles. The lowest BCUT2D eigenvalue weighted by molar-refractivity contribution is -0.121. The number of rotatable bonds is 1. The van der Waals surface area contributed by atoms with Crippen molar-refractivity contribution in [1.82, 2.24) is 15.4 Å². The van der Waals surface area contributed by atoms with E-state index in [1.165, 1.54) is 17.4 Å². The van der Waals surface area contributed by atoms with Crippen molar-refractivity contribution in [3.8, 4) is 0 Å². The van der Waals surface area contributed by atoms with Crippen molar-refractivity contribution >= 4 is 33.4 Å². The van der Waals surface area contributed by atoms with E-state index in [2.05, 4.69) is 15.8 Å². The SMILES string of the molecule is Cn1c(=NC(=O)C2=CCC(=O)NN2)sc2ccccc21. The van der Waals surface area contributed by atoms with Crippen molar-refractivity contribution in [1.29, 1.82) is 0 Å². The van der Waals surface area contributed by atoms with Gasteiger partial charge in [0.1, 0.15) is 5.70 Å². The highest BCUT2D eigenvalue weighted by atomic mass is 32.1. The molecule has 0 atom stereocenters. The second kappa shape index (κ2) is 4.93. The zero-order valence-electron chi connectivity index (χ0n) is 10.7. The Morgan fingerprint density at radius 3 is 2.85 bits per heavy atom. The minimum Gasteiger partial charge on any atom is -0.319 e. The molecule has 3 rings (SSSR count). The van der Waals surface area contributed by atoms with E-state index >= 15 is 0 Å². The molecule has 1 aromatic heterocycles. The molecule has 20 heavy (non-hydrogen) atoms. The lowest BCUT2D eigenvalue weighted by Gasteiger charge is -2.13. The molecule has 2 aromatic rings. The van der Waals surface area contributed by atoms with Crippen LogP contribution in [0.25, 0.3) is 10.2 Å². The molecule has 0 unspecified atom stereocenters. The number of nitrogens with one attached hydrogen (secondary N) is 2. The number of para-hydroxylation sites is 1. The molecule has 0 bridgehead atoms. The van der Waals surface area contributed by atoms with Gasteiger partial charge in [0.25, 0.3) is 5.91 Å². The molecule has 2 amide bonds. The third-order valence-corrected chi connectivity index (χ3v) is 4.08. The van der Waals surface area contributed by atoms with Crippen molar-refractivity contribution in [2.45, 2.75) is 6.42 Å². The molecule has 6 nitrogen and oxygen atoms in total. The number of hydrogen-bond donors (Lipinski definition) is 2. The van der Waals surface area contributed by atoms with Gasteiger partial charge >= 0.3 is 0 Å². The molecular weight excluding hydrogens is 276 g/mol. The van der Waals surface area contributed by atoms with Crippen LogP contribution in [0.15, 0.2) is 41.0 Å². The maximum Gasteiger partial charge on any atom is 0.297 e. The van der Waals surface area contributed by atoms with Gasteiger partial charge in [0.15, 0.2) is 4.80 Å². The average molecular weight is 288 g/mol. The van der Waals surface area contributed by atoms with E-state index in [9.17, 15) is 9.59 Å². The first-order valence-corrected chi connectivity index (χ1v) is 6.85. The van der Waals surface area contributed by atoms with Gasteiger partial charge in [0.2, 0.25) is 5.91 Å². The molecular formula is C13H12N4O2S. The second-order valence-electron chi connectivity index (χ2n) is 4.32. The van der Waals surface area contributed by atoms with Gasteiger partial charge < -0.3 is 4.57 Å². The van der Waals surface area contributed by atoms with Gasteiger partial charge in [0.05, 0.1) is 10.2 Å². The molecule has 0 spiro atoms. The Bertz CT molecular complexity index is 800. The molecule has 102 valence electrons. The summed E-state index contributed by atoms with van der Waals surface area (Å²) < 4.78 is 2.94. The highest BCUT2D eigenvalue weighted by Crippen LogP contribution is 2.15. The largest absolute Gasteiger partial charge is 0.319 e. The van der Waals surface area contributed by atoms with Gasteiger partial charge in [-0.05, 0) is 18.2 Å². The Morgan fingerprint density at radius 1 is 1.35 bits per heavy atom. The van der Waals surface area contributed by atoms with Crippen LogP contribution < -0.4 is 15.7 Å². The number of hydrazine groups is 1. The molecule has 1 aromatic carbocycles. The van der Waals surface area contributed by atoms with Crippen LogP contribution >= 0.6 is 11.3 Å². The maximum absolute atomic E-state index is 12.0. The van der Waals surface area contributed by atoms with Crippen LogP contribution in [0.4, 0.5) is 0 Å². The third-order valence-electron chi connectivity index (χ3n) is 2.97. The van der Waals surface area contributed by atoms with E-state index in [1.807, 2.05) is 35.9 Å². The molecule has 0 saturated carbocycles. The Hall–Kier alpha value is -2.41. The van der Waals surface area contributed by atoms with Gasteiger partial charge in [-0.15, -0.1) is 0 Å². The number of hydrogen-bond acceptors (Lipinski definition) is 4. The third kappa shape index (κ3) is 2.23. The van der Waals surface area contributed by atoms with Gasteiger partial charge in [0, 0.05) is 13.5 Å². The molecule has 0 radical (unpaired) electrons. The summed E-state index contributed by atoms with van der Waals surface area (Å²) >= 11 is 1.45. The van der Waals surface area contributed by atoms with Crippen LogP contribution in [0, 0.1) is 0 Å². The van der Waals surface area contributed by atoms with E-state index in [0.29, 0.717) is 10.5 Å². The van der Waals surface area contributed by atoms with Crippen molar-refractivity contribution in [2.75, 3.05) is 0 Å². The highest BCUT2D eigenvalue weighted by Gasteiger charge is 2.15. The summed E-state index contributed by atoms with van der Waals surface area (Å²) in [6, 6.07) is 7.86. The topological polar surface area (TPSA) is 75.5 Å². The molecule has 0 aliphatic carbocycles.